The van der Waals surface area contributed by atoms with Gasteiger partial charge in [-0.2, -0.15) is 0 Å². The lowest BCUT2D eigenvalue weighted by atomic mass is 9.98. The van der Waals surface area contributed by atoms with E-state index in [4.69, 9.17) is 66.3 Å². The first kappa shape index (κ1) is 59.0. The van der Waals surface area contributed by atoms with E-state index in [1.165, 1.54) is 52.8 Å². The third-order valence-electron chi connectivity index (χ3n) is 10.5. The molecule has 0 aliphatic heterocycles. The van der Waals surface area contributed by atoms with Crippen molar-refractivity contribution in [2.45, 2.75) is 57.8 Å². The molecule has 0 saturated heterocycles. The largest absolute Gasteiger partial charge is 0.463 e. The van der Waals surface area contributed by atoms with Gasteiger partial charge in [0.15, 0.2) is 0 Å². The van der Waals surface area contributed by atoms with E-state index in [-0.39, 0.29) is 24.6 Å². The van der Waals surface area contributed by atoms with Crippen molar-refractivity contribution in [1.29, 1.82) is 0 Å². The van der Waals surface area contributed by atoms with Crippen molar-refractivity contribution in [3.63, 3.8) is 0 Å². The molecule has 68 heavy (non-hydrogen) atoms. The number of fused-ring (bicyclic) bond motifs is 3. The minimum Gasteiger partial charge on any atom is -0.463 e. The Kier molecular flexibility index (Phi) is 36.9. The molecule has 0 fully saturated rings. The van der Waals surface area contributed by atoms with Crippen LogP contribution in [-0.2, 0) is 71.1 Å². The van der Waals surface area contributed by atoms with Crippen LogP contribution in [0.25, 0.3) is 11.1 Å². The number of hydrogen-bond acceptors (Lipinski definition) is 16. The van der Waals surface area contributed by atoms with E-state index in [0.717, 1.165) is 12.8 Å². The van der Waals surface area contributed by atoms with Crippen molar-refractivity contribution in [2.24, 2.45) is 0 Å². The van der Waals surface area contributed by atoms with E-state index >= 15 is 0 Å². The molecule has 17 heteroatoms. The van der Waals surface area contributed by atoms with Crippen LogP contribution in [0.1, 0.15) is 68.9 Å². The number of carbonyl (C=O) groups is 2. The van der Waals surface area contributed by atoms with Crippen molar-refractivity contribution >= 4 is 12.1 Å². The van der Waals surface area contributed by atoms with Gasteiger partial charge >= 0.3 is 12.1 Å². The van der Waals surface area contributed by atoms with Crippen LogP contribution in [0.2, 0.25) is 0 Å². The molecule has 2 aromatic rings. The van der Waals surface area contributed by atoms with E-state index < -0.39 is 0 Å². The highest BCUT2D eigenvalue weighted by Crippen LogP contribution is 2.44. The fourth-order valence-electron chi connectivity index (χ4n) is 6.85. The second-order valence-corrected chi connectivity index (χ2v) is 15.8. The summed E-state index contributed by atoms with van der Waals surface area (Å²) in [6, 6.07) is 16.6. The zero-order valence-corrected chi connectivity index (χ0v) is 41.2. The third-order valence-corrected chi connectivity index (χ3v) is 10.5. The Morgan fingerprint density at radius 1 is 0.412 bits per heavy atom. The summed E-state index contributed by atoms with van der Waals surface area (Å²) >= 11 is 0. The summed E-state index contributed by atoms with van der Waals surface area (Å²) in [6.45, 7) is 14.3. The molecule has 0 heterocycles. The van der Waals surface area contributed by atoms with E-state index in [1.54, 1.807) is 7.05 Å². The first-order chi connectivity index (χ1) is 33.6. The first-order valence-corrected chi connectivity index (χ1v) is 24.8. The molecule has 0 spiro atoms. The molecule has 1 aliphatic rings. The average Bonchev–Trinajstić information content (AvgIpc) is 3.68. The van der Waals surface area contributed by atoms with Gasteiger partial charge in [-0.25, -0.2) is 4.79 Å². The minimum absolute atomic E-state index is 0.0331. The Bertz CT molecular complexity index is 1460. The predicted octanol–water partition coefficient (Wildman–Crippen LogP) is 6.36. The van der Waals surface area contributed by atoms with Crippen LogP contribution in [0.5, 0.6) is 0 Å². The van der Waals surface area contributed by atoms with Crippen LogP contribution in [0.4, 0.5) is 4.79 Å². The standard InChI is InChI=1S/C51H83NO16/c1-3-4-5-6-7-8-17-50(53)67-43-42-66-41-40-65-39-38-64-37-36-63-35-34-62-33-32-61-31-30-60-29-28-59-27-26-58-25-24-57-23-22-56-21-20-55-19-18-52(2)51(54)68-44-49-47-15-11-9-13-45(47)46-14-10-12-16-48(46)49/h9-16,49H,3-8,17-44H2,1-2H3. The molecule has 388 valence electrons. The molecule has 1 aliphatic carbocycles. The Morgan fingerprint density at radius 3 is 1.12 bits per heavy atom. The molecule has 0 saturated carbocycles. The number of carbonyl (C=O) groups excluding carboxylic acids is 2. The highest BCUT2D eigenvalue weighted by Gasteiger charge is 2.29. The highest BCUT2D eigenvalue weighted by molar-refractivity contribution is 5.79. The Balaban J connectivity index is 0.916. The van der Waals surface area contributed by atoms with E-state index in [9.17, 15) is 9.59 Å². The Labute approximate surface area is 405 Å². The lowest BCUT2D eigenvalue weighted by Crippen LogP contribution is -2.32. The van der Waals surface area contributed by atoms with Gasteiger partial charge in [-0.05, 0) is 28.7 Å². The summed E-state index contributed by atoms with van der Waals surface area (Å²) in [4.78, 5) is 25.9. The van der Waals surface area contributed by atoms with Gasteiger partial charge in [-0.15, -0.1) is 0 Å². The molecule has 0 unspecified atom stereocenters. The maximum Gasteiger partial charge on any atom is 0.409 e. The van der Waals surface area contributed by atoms with Crippen LogP contribution in [0.3, 0.4) is 0 Å². The number of unbranched alkanes of at least 4 members (excludes halogenated alkanes) is 5. The van der Waals surface area contributed by atoms with Gasteiger partial charge in [0.25, 0.3) is 0 Å². The molecular formula is C51H83NO16. The van der Waals surface area contributed by atoms with E-state index in [2.05, 4.69) is 31.2 Å². The monoisotopic (exact) mass is 966 g/mol. The van der Waals surface area contributed by atoms with E-state index in [1.807, 2.05) is 24.3 Å². The lowest BCUT2D eigenvalue weighted by Gasteiger charge is -2.19. The van der Waals surface area contributed by atoms with Crippen LogP contribution in [0.15, 0.2) is 48.5 Å². The molecule has 1 amide bonds. The SMILES string of the molecule is CCCCCCCCC(=O)OCCOCCOCCOCCOCCOCCOCCOCCOCCOCCOCCOCCOCCN(C)C(=O)OCC1c2ccccc2-c2ccccc21. The normalized spacial score (nSPS) is 12.1. The van der Waals surface area contributed by atoms with Gasteiger partial charge in [-0.1, -0.05) is 87.6 Å². The number of likely N-dealkylation sites (N-methyl/N-ethyl adjacent to an activating group) is 1. The van der Waals surface area contributed by atoms with Crippen LogP contribution in [-0.4, -0.2) is 202 Å². The number of hydrogen-bond donors (Lipinski definition) is 0. The number of amides is 1. The molecule has 3 rings (SSSR count). The van der Waals surface area contributed by atoms with Gasteiger partial charge in [0, 0.05) is 25.9 Å². The quantitative estimate of drug-likeness (QED) is 0.0531. The van der Waals surface area contributed by atoms with Gasteiger partial charge in [0.1, 0.15) is 13.2 Å². The minimum atomic E-state index is -0.368. The summed E-state index contributed by atoms with van der Waals surface area (Å²) in [6.07, 6.45) is 7.01. The number of rotatable bonds is 48. The maximum absolute atomic E-state index is 12.6. The summed E-state index contributed by atoms with van der Waals surface area (Å²) in [5.41, 5.74) is 4.78. The summed E-state index contributed by atoms with van der Waals surface area (Å²) < 4.78 is 77.1. The fourth-order valence-corrected chi connectivity index (χ4v) is 6.85. The topological polar surface area (TPSA) is 167 Å². The van der Waals surface area contributed by atoms with Gasteiger partial charge < -0.3 is 71.2 Å². The van der Waals surface area contributed by atoms with Crippen molar-refractivity contribution in [1.82, 2.24) is 4.90 Å². The van der Waals surface area contributed by atoms with Crippen molar-refractivity contribution in [3.05, 3.63) is 59.7 Å². The molecule has 0 N–H and O–H groups in total. The summed E-state index contributed by atoms with van der Waals surface area (Å²) in [5, 5.41) is 0. The first-order valence-electron chi connectivity index (χ1n) is 24.8. The molecule has 0 radical (unpaired) electrons. The van der Waals surface area contributed by atoms with Crippen LogP contribution in [0, 0.1) is 0 Å². The summed E-state index contributed by atoms with van der Waals surface area (Å²) in [5.74, 6) is -0.116. The van der Waals surface area contributed by atoms with E-state index in [0.29, 0.717) is 178 Å². The average molecular weight is 966 g/mol. The molecule has 2 aromatic carbocycles. The Hall–Kier alpha value is -3.30. The highest BCUT2D eigenvalue weighted by atomic mass is 16.6. The van der Waals surface area contributed by atoms with Gasteiger partial charge in [-0.3, -0.25) is 4.79 Å². The molecule has 0 aromatic heterocycles. The predicted molar refractivity (Wildman–Crippen MR) is 256 cm³/mol. The molecule has 0 bridgehead atoms. The number of ether oxygens (including phenoxy) is 14. The maximum atomic E-state index is 12.6. The van der Waals surface area contributed by atoms with Crippen LogP contribution >= 0.6 is 0 Å². The van der Waals surface area contributed by atoms with Crippen molar-refractivity contribution in [3.8, 4) is 11.1 Å². The second kappa shape index (κ2) is 42.6. The van der Waals surface area contributed by atoms with Crippen LogP contribution < -0.4 is 0 Å². The molecular weight excluding hydrogens is 883 g/mol. The second-order valence-electron chi connectivity index (χ2n) is 15.8. The zero-order chi connectivity index (χ0) is 48.2. The molecule has 17 nitrogen and oxygen atoms in total. The van der Waals surface area contributed by atoms with Crippen molar-refractivity contribution in [2.75, 3.05) is 185 Å². The molecule has 0 atom stereocenters. The lowest BCUT2D eigenvalue weighted by molar-refractivity contribution is -0.145. The van der Waals surface area contributed by atoms with Crippen molar-refractivity contribution < 1.29 is 75.9 Å². The smallest absolute Gasteiger partial charge is 0.409 e. The van der Waals surface area contributed by atoms with Gasteiger partial charge in [0.05, 0.1) is 159 Å². The number of benzene rings is 2. The van der Waals surface area contributed by atoms with Gasteiger partial charge in [0.2, 0.25) is 0 Å². The number of esters is 1. The number of nitrogens with zero attached hydrogens (tertiary/aromatic N) is 1. The third kappa shape index (κ3) is 29.7. The summed E-state index contributed by atoms with van der Waals surface area (Å²) in [7, 11) is 1.71. The fraction of sp³-hybridized carbons (Fsp3) is 0.725. The zero-order valence-electron chi connectivity index (χ0n) is 41.2. The Morgan fingerprint density at radius 2 is 0.735 bits per heavy atom.